The van der Waals surface area contributed by atoms with Crippen LogP contribution in [-0.2, 0) is 15.9 Å². The number of aliphatic hydroxyl groups is 2. The van der Waals surface area contributed by atoms with Crippen molar-refractivity contribution in [2.24, 2.45) is 5.92 Å². The van der Waals surface area contributed by atoms with Crippen LogP contribution in [0, 0.1) is 5.92 Å². The summed E-state index contributed by atoms with van der Waals surface area (Å²) in [6.07, 6.45) is 1.02. The summed E-state index contributed by atoms with van der Waals surface area (Å²) in [7, 11) is 0. The van der Waals surface area contributed by atoms with Crippen molar-refractivity contribution in [2.75, 3.05) is 6.61 Å². The summed E-state index contributed by atoms with van der Waals surface area (Å²) in [5, 5.41) is 19.5. The van der Waals surface area contributed by atoms with Crippen molar-refractivity contribution in [3.63, 3.8) is 0 Å². The lowest BCUT2D eigenvalue weighted by molar-refractivity contribution is -0.433. The van der Waals surface area contributed by atoms with E-state index in [0.29, 0.717) is 6.42 Å². The van der Waals surface area contributed by atoms with Gasteiger partial charge in [0, 0.05) is 12.8 Å². The van der Waals surface area contributed by atoms with Crippen LogP contribution in [0.4, 0.5) is 0 Å². The molecule has 1 aromatic rings. The van der Waals surface area contributed by atoms with Gasteiger partial charge in [-0.1, -0.05) is 30.3 Å². The lowest BCUT2D eigenvalue weighted by Crippen LogP contribution is -2.77. The monoisotopic (exact) mass is 248 g/mol. The quantitative estimate of drug-likeness (QED) is 0.816. The molecular formula is C14H16O4. The van der Waals surface area contributed by atoms with Crippen molar-refractivity contribution in [2.45, 2.75) is 36.4 Å². The standard InChI is InChI=1S/C14H16O4/c15-8-13-7-14(16)12(13)11(18-14)10(17-13)6-9-4-2-1-3-5-9/h1-5,10-12,15-16H,6-8H2/t10-,11?,12?,13+,14?/m0/s1. The molecule has 18 heavy (non-hydrogen) atoms. The van der Waals surface area contributed by atoms with Gasteiger partial charge in [0.25, 0.3) is 0 Å². The molecule has 3 aliphatic rings. The molecule has 1 saturated carbocycles. The van der Waals surface area contributed by atoms with Crippen LogP contribution in [0.25, 0.3) is 0 Å². The van der Waals surface area contributed by atoms with Gasteiger partial charge in [0.15, 0.2) is 5.79 Å². The zero-order valence-electron chi connectivity index (χ0n) is 9.95. The molecule has 4 rings (SSSR count). The van der Waals surface area contributed by atoms with E-state index in [1.165, 1.54) is 5.56 Å². The molecule has 2 heterocycles. The first-order chi connectivity index (χ1) is 8.67. The second-order valence-corrected chi connectivity index (χ2v) is 5.65. The Bertz CT molecular complexity index is 476. The van der Waals surface area contributed by atoms with Gasteiger partial charge in [-0.2, -0.15) is 0 Å². The average molecular weight is 248 g/mol. The minimum Gasteiger partial charge on any atom is -0.393 e. The van der Waals surface area contributed by atoms with Gasteiger partial charge in [-0.15, -0.1) is 0 Å². The van der Waals surface area contributed by atoms with Crippen LogP contribution in [0.15, 0.2) is 30.3 Å². The van der Waals surface area contributed by atoms with E-state index >= 15 is 0 Å². The molecule has 4 nitrogen and oxygen atoms in total. The Labute approximate surface area is 105 Å². The third kappa shape index (κ3) is 1.19. The zero-order valence-corrected chi connectivity index (χ0v) is 9.95. The van der Waals surface area contributed by atoms with Crippen molar-refractivity contribution in [3.05, 3.63) is 35.9 Å². The number of hydrogen-bond donors (Lipinski definition) is 2. The molecule has 5 atom stereocenters. The Hall–Kier alpha value is -0.940. The normalized spacial score (nSPS) is 48.2. The predicted molar refractivity (Wildman–Crippen MR) is 62.8 cm³/mol. The van der Waals surface area contributed by atoms with Gasteiger partial charge in [0.1, 0.15) is 5.60 Å². The maximum Gasteiger partial charge on any atom is 0.177 e. The topological polar surface area (TPSA) is 58.9 Å². The Morgan fingerprint density at radius 3 is 2.61 bits per heavy atom. The molecule has 2 saturated heterocycles. The largest absolute Gasteiger partial charge is 0.393 e. The zero-order chi connectivity index (χ0) is 12.4. The second kappa shape index (κ2) is 3.33. The van der Waals surface area contributed by atoms with Crippen LogP contribution in [-0.4, -0.2) is 40.4 Å². The summed E-state index contributed by atoms with van der Waals surface area (Å²) >= 11 is 0. The van der Waals surface area contributed by atoms with Crippen LogP contribution in [0.3, 0.4) is 0 Å². The molecule has 3 unspecified atom stereocenters. The van der Waals surface area contributed by atoms with E-state index in [4.69, 9.17) is 9.47 Å². The summed E-state index contributed by atoms with van der Waals surface area (Å²) in [5.74, 6) is -1.08. The number of benzene rings is 1. The highest BCUT2D eigenvalue weighted by atomic mass is 16.7. The van der Waals surface area contributed by atoms with Crippen molar-refractivity contribution in [3.8, 4) is 0 Å². The van der Waals surface area contributed by atoms with Crippen LogP contribution in [0.1, 0.15) is 12.0 Å². The summed E-state index contributed by atoms with van der Waals surface area (Å²) < 4.78 is 11.5. The van der Waals surface area contributed by atoms with Gasteiger partial charge >= 0.3 is 0 Å². The molecule has 96 valence electrons. The highest BCUT2D eigenvalue weighted by Crippen LogP contribution is 2.65. The maximum atomic E-state index is 10.0. The third-order valence-electron chi connectivity index (χ3n) is 4.57. The molecule has 1 aliphatic carbocycles. The molecule has 1 aromatic carbocycles. The molecule has 0 bridgehead atoms. The first-order valence-electron chi connectivity index (χ1n) is 6.40. The third-order valence-corrected chi connectivity index (χ3v) is 4.57. The van der Waals surface area contributed by atoms with Gasteiger partial charge in [0.2, 0.25) is 0 Å². The summed E-state index contributed by atoms with van der Waals surface area (Å²) in [4.78, 5) is 0. The average Bonchev–Trinajstić information content (AvgIpc) is 2.47. The SMILES string of the molecule is OC[C@]12CC3(O)OC(C31)[C@H](Cc1ccccc1)O2. The summed E-state index contributed by atoms with van der Waals surface area (Å²) in [6, 6.07) is 10.1. The number of hydrogen-bond acceptors (Lipinski definition) is 4. The minimum atomic E-state index is -1.03. The van der Waals surface area contributed by atoms with E-state index in [9.17, 15) is 10.2 Å². The van der Waals surface area contributed by atoms with Gasteiger partial charge in [-0.25, -0.2) is 0 Å². The van der Waals surface area contributed by atoms with Crippen LogP contribution in [0.2, 0.25) is 0 Å². The lowest BCUT2D eigenvalue weighted by atomic mass is 9.59. The van der Waals surface area contributed by atoms with Crippen LogP contribution >= 0.6 is 0 Å². The fourth-order valence-corrected chi connectivity index (χ4v) is 3.80. The minimum absolute atomic E-state index is 0.0366. The van der Waals surface area contributed by atoms with Gasteiger partial charge in [0.05, 0.1) is 24.7 Å². The molecule has 0 amide bonds. The van der Waals surface area contributed by atoms with E-state index in [2.05, 4.69) is 12.1 Å². The van der Waals surface area contributed by atoms with Crippen molar-refractivity contribution in [1.29, 1.82) is 0 Å². The van der Waals surface area contributed by atoms with Gasteiger partial charge in [-0.05, 0) is 5.56 Å². The highest BCUT2D eigenvalue weighted by molar-refractivity contribution is 5.26. The van der Waals surface area contributed by atoms with E-state index in [1.807, 2.05) is 18.2 Å². The Morgan fingerprint density at radius 2 is 2.00 bits per heavy atom. The molecule has 0 aromatic heterocycles. The van der Waals surface area contributed by atoms with Gasteiger partial charge in [-0.3, -0.25) is 0 Å². The lowest BCUT2D eigenvalue weighted by Gasteiger charge is -2.62. The Balaban J connectivity index is 1.56. The molecular weight excluding hydrogens is 232 g/mol. The fourth-order valence-electron chi connectivity index (χ4n) is 3.80. The number of aliphatic hydroxyl groups excluding tert-OH is 1. The smallest absolute Gasteiger partial charge is 0.177 e. The Kier molecular flexibility index (Phi) is 2.02. The van der Waals surface area contributed by atoms with Crippen LogP contribution in [0.5, 0.6) is 0 Å². The maximum absolute atomic E-state index is 10.0. The molecule has 0 radical (unpaired) electrons. The van der Waals surface area contributed by atoms with Crippen molar-refractivity contribution < 1.29 is 19.7 Å². The molecule has 4 heteroatoms. The van der Waals surface area contributed by atoms with E-state index in [0.717, 1.165) is 6.42 Å². The van der Waals surface area contributed by atoms with E-state index in [-0.39, 0.29) is 24.7 Å². The van der Waals surface area contributed by atoms with Crippen molar-refractivity contribution in [1.82, 2.24) is 0 Å². The summed E-state index contributed by atoms with van der Waals surface area (Å²) in [6.45, 7) is -0.0366. The molecule has 2 N–H and O–H groups in total. The molecule has 3 fully saturated rings. The summed E-state index contributed by atoms with van der Waals surface area (Å²) in [5.41, 5.74) is 0.632. The molecule has 0 spiro atoms. The first kappa shape index (κ1) is 10.9. The highest BCUT2D eigenvalue weighted by Gasteiger charge is 2.80. The van der Waals surface area contributed by atoms with E-state index < -0.39 is 11.4 Å². The second-order valence-electron chi connectivity index (χ2n) is 5.65. The molecule has 2 aliphatic heterocycles. The predicted octanol–water partition coefficient (Wildman–Crippen LogP) is 0.466. The number of ether oxygens (including phenoxy) is 2. The van der Waals surface area contributed by atoms with Crippen molar-refractivity contribution >= 4 is 0 Å². The first-order valence-corrected chi connectivity index (χ1v) is 6.40. The number of rotatable bonds is 3. The van der Waals surface area contributed by atoms with Gasteiger partial charge < -0.3 is 19.7 Å². The Morgan fingerprint density at radius 1 is 1.22 bits per heavy atom. The van der Waals surface area contributed by atoms with E-state index in [1.54, 1.807) is 0 Å². The fraction of sp³-hybridized carbons (Fsp3) is 0.571. The van der Waals surface area contributed by atoms with Crippen LogP contribution < -0.4 is 0 Å².